The number of carbonyl (C=O) groups is 1. The van der Waals surface area contributed by atoms with Gasteiger partial charge in [0.25, 0.3) is 0 Å². The molecule has 0 aliphatic carbocycles. The van der Waals surface area contributed by atoms with Crippen molar-refractivity contribution in [2.24, 2.45) is 5.92 Å². The van der Waals surface area contributed by atoms with Crippen LogP contribution >= 0.6 is 15.9 Å². The van der Waals surface area contributed by atoms with Crippen molar-refractivity contribution < 1.29 is 22.4 Å². The number of hydrogen-bond donors (Lipinski definition) is 0. The molecule has 174 valence electrons. The molecular formula is C22H34BrNO5SSi. The number of hydrogen-bond acceptors (Lipinski definition) is 5. The van der Waals surface area contributed by atoms with Gasteiger partial charge in [-0.2, -0.15) is 4.31 Å². The second-order valence-corrected chi connectivity index (χ2v) is 16.7. The number of carbonyl (C=O) groups excluding carboxylic acids is 1. The fourth-order valence-electron chi connectivity index (χ4n) is 3.33. The summed E-state index contributed by atoms with van der Waals surface area (Å²) >= 11 is 3.37. The molecule has 0 N–H and O–H groups in total. The van der Waals surface area contributed by atoms with Gasteiger partial charge in [-0.1, -0.05) is 54.4 Å². The maximum absolute atomic E-state index is 13.6. The zero-order valence-corrected chi connectivity index (χ0v) is 22.8. The van der Waals surface area contributed by atoms with E-state index in [0.29, 0.717) is 0 Å². The number of halogens is 1. The first-order valence-corrected chi connectivity index (χ1v) is 15.6. The molecule has 0 aromatic heterocycles. The highest BCUT2D eigenvalue weighted by Gasteiger charge is 2.47. The van der Waals surface area contributed by atoms with Gasteiger partial charge in [0.05, 0.1) is 31.1 Å². The van der Waals surface area contributed by atoms with Crippen molar-refractivity contribution in [3.05, 3.63) is 40.4 Å². The fourth-order valence-corrected chi connectivity index (χ4v) is 6.46. The molecule has 1 aliphatic rings. The summed E-state index contributed by atoms with van der Waals surface area (Å²) in [6, 6.07) is 6.33. The van der Waals surface area contributed by atoms with E-state index in [9.17, 15) is 13.2 Å². The van der Waals surface area contributed by atoms with Crippen LogP contribution in [0.5, 0.6) is 0 Å². The molecule has 1 aromatic rings. The van der Waals surface area contributed by atoms with Crippen molar-refractivity contribution in [3.63, 3.8) is 0 Å². The molecule has 0 radical (unpaired) electrons. The maximum atomic E-state index is 13.6. The van der Waals surface area contributed by atoms with Crippen LogP contribution < -0.4 is 0 Å². The lowest BCUT2D eigenvalue weighted by atomic mass is 9.94. The van der Waals surface area contributed by atoms with Gasteiger partial charge >= 0.3 is 5.97 Å². The summed E-state index contributed by atoms with van der Waals surface area (Å²) in [7, 11) is -4.55. The number of sulfonamides is 1. The van der Waals surface area contributed by atoms with Gasteiger partial charge in [-0.15, -0.1) is 0 Å². The van der Waals surface area contributed by atoms with Crippen molar-refractivity contribution in [2.75, 3.05) is 20.3 Å². The Morgan fingerprint density at radius 1 is 1.26 bits per heavy atom. The summed E-state index contributed by atoms with van der Waals surface area (Å²) < 4.78 is 39.9. The van der Waals surface area contributed by atoms with E-state index in [1.165, 1.54) is 11.4 Å². The van der Waals surface area contributed by atoms with Crippen LogP contribution in [0.2, 0.25) is 18.1 Å². The molecule has 1 heterocycles. The van der Waals surface area contributed by atoms with Crippen LogP contribution in [-0.4, -0.2) is 53.3 Å². The predicted octanol–water partition coefficient (Wildman–Crippen LogP) is 4.85. The Kier molecular flexibility index (Phi) is 8.35. The summed E-state index contributed by atoms with van der Waals surface area (Å²) in [4.78, 5) is 14.1. The van der Waals surface area contributed by atoms with Gasteiger partial charge in [0, 0.05) is 12.5 Å². The lowest BCUT2D eigenvalue weighted by Gasteiger charge is -2.38. The Morgan fingerprint density at radius 2 is 1.84 bits per heavy atom. The van der Waals surface area contributed by atoms with Gasteiger partial charge in [0.15, 0.2) is 8.32 Å². The number of esters is 1. The van der Waals surface area contributed by atoms with Crippen LogP contribution in [0, 0.1) is 12.8 Å². The number of methoxy groups -OCH3 is 1. The molecule has 0 bridgehead atoms. The third-order valence-corrected chi connectivity index (χ3v) is 13.4. The van der Waals surface area contributed by atoms with Crippen LogP contribution in [0.4, 0.5) is 0 Å². The Labute approximate surface area is 196 Å². The quantitative estimate of drug-likeness (QED) is 0.371. The van der Waals surface area contributed by atoms with Gasteiger partial charge in [0.1, 0.15) is 0 Å². The third kappa shape index (κ3) is 5.87. The molecule has 2 atom stereocenters. The lowest BCUT2D eigenvalue weighted by Crippen LogP contribution is -2.47. The molecule has 9 heteroatoms. The zero-order chi connectivity index (χ0) is 23.6. The topological polar surface area (TPSA) is 72.9 Å². The standard InChI is InChI=1S/C22H34BrNO5SSi/c1-16-8-10-18(11-9-16)30(26,27)24-14-17(13-23)19(12-21(25)28-5)20(24)15-29-31(6,7)22(2,3)4/h8-11,13,19-20H,12,14-15H2,1-7H3/b17-13-/t19-,20+/m1/s1. The summed E-state index contributed by atoms with van der Waals surface area (Å²) in [6.45, 7) is 13.1. The van der Waals surface area contributed by atoms with Crippen LogP contribution in [0.3, 0.4) is 0 Å². The minimum Gasteiger partial charge on any atom is -0.469 e. The molecule has 0 spiro atoms. The van der Waals surface area contributed by atoms with E-state index in [0.717, 1.165) is 11.1 Å². The lowest BCUT2D eigenvalue weighted by molar-refractivity contribution is -0.141. The van der Waals surface area contributed by atoms with Crippen molar-refractivity contribution in [1.82, 2.24) is 4.31 Å². The van der Waals surface area contributed by atoms with E-state index in [1.54, 1.807) is 29.3 Å². The van der Waals surface area contributed by atoms with E-state index in [4.69, 9.17) is 9.16 Å². The van der Waals surface area contributed by atoms with E-state index < -0.39 is 24.4 Å². The molecule has 1 aromatic carbocycles. The Balaban J connectivity index is 2.46. The number of rotatable bonds is 7. The first-order chi connectivity index (χ1) is 14.2. The highest BCUT2D eigenvalue weighted by molar-refractivity contribution is 9.11. The third-order valence-electron chi connectivity index (χ3n) is 6.45. The summed E-state index contributed by atoms with van der Waals surface area (Å²) in [5.74, 6) is -0.694. The fraction of sp³-hybridized carbons (Fsp3) is 0.591. The number of nitrogens with zero attached hydrogens (tertiary/aromatic N) is 1. The van der Waals surface area contributed by atoms with Crippen molar-refractivity contribution >= 4 is 40.2 Å². The molecule has 1 aliphatic heterocycles. The predicted molar refractivity (Wildman–Crippen MR) is 129 cm³/mol. The molecule has 1 saturated heterocycles. The average molecular weight is 533 g/mol. The van der Waals surface area contributed by atoms with Crippen molar-refractivity contribution in [1.29, 1.82) is 0 Å². The van der Waals surface area contributed by atoms with E-state index in [2.05, 4.69) is 49.8 Å². The molecule has 2 rings (SSSR count). The normalized spacial score (nSPS) is 22.1. The van der Waals surface area contributed by atoms with E-state index >= 15 is 0 Å². The van der Waals surface area contributed by atoms with Gasteiger partial charge in [0.2, 0.25) is 10.0 Å². The zero-order valence-electron chi connectivity index (χ0n) is 19.4. The van der Waals surface area contributed by atoms with Crippen LogP contribution in [-0.2, 0) is 24.0 Å². The molecule has 6 nitrogen and oxygen atoms in total. The maximum Gasteiger partial charge on any atom is 0.306 e. The smallest absolute Gasteiger partial charge is 0.306 e. The molecule has 1 fully saturated rings. The monoisotopic (exact) mass is 531 g/mol. The minimum absolute atomic E-state index is 0.0157. The molecule has 0 amide bonds. The van der Waals surface area contributed by atoms with Crippen molar-refractivity contribution in [2.45, 2.75) is 63.2 Å². The van der Waals surface area contributed by atoms with Crippen molar-refractivity contribution in [3.8, 4) is 0 Å². The average Bonchev–Trinajstić information content (AvgIpc) is 3.03. The van der Waals surface area contributed by atoms with Gasteiger partial charge in [-0.05, 0) is 47.7 Å². The van der Waals surface area contributed by atoms with Crippen LogP contribution in [0.1, 0.15) is 32.8 Å². The molecule has 0 saturated carbocycles. The Bertz CT molecular complexity index is 922. The first kappa shape index (κ1) is 26.3. The first-order valence-electron chi connectivity index (χ1n) is 10.3. The molecule has 0 unspecified atom stereocenters. The summed E-state index contributed by atoms with van der Waals surface area (Å²) in [5.41, 5.74) is 1.83. The van der Waals surface area contributed by atoms with E-state index in [-0.39, 0.29) is 41.4 Å². The highest BCUT2D eigenvalue weighted by Crippen LogP contribution is 2.40. The SMILES string of the molecule is COC(=O)C[C@@H]1/C(=C\Br)CN(S(=O)(=O)c2ccc(C)cc2)[C@H]1CO[Si](C)(C)C(C)(C)C. The van der Waals surface area contributed by atoms with Gasteiger partial charge < -0.3 is 9.16 Å². The molecular weight excluding hydrogens is 498 g/mol. The highest BCUT2D eigenvalue weighted by atomic mass is 79.9. The van der Waals surface area contributed by atoms with Crippen LogP contribution in [0.25, 0.3) is 0 Å². The second-order valence-electron chi connectivity index (χ2n) is 9.57. The van der Waals surface area contributed by atoms with Gasteiger partial charge in [-0.3, -0.25) is 4.79 Å². The van der Waals surface area contributed by atoms with E-state index in [1.807, 2.05) is 6.92 Å². The van der Waals surface area contributed by atoms with Crippen LogP contribution in [0.15, 0.2) is 39.7 Å². The number of benzene rings is 1. The minimum atomic E-state index is -3.77. The number of aryl methyl sites for hydroxylation is 1. The Morgan fingerprint density at radius 3 is 2.32 bits per heavy atom. The molecule has 31 heavy (non-hydrogen) atoms. The second kappa shape index (κ2) is 9.87. The largest absolute Gasteiger partial charge is 0.469 e. The number of ether oxygens (including phenoxy) is 1. The van der Waals surface area contributed by atoms with Gasteiger partial charge in [-0.25, -0.2) is 8.42 Å². The summed E-state index contributed by atoms with van der Waals surface area (Å²) in [6.07, 6.45) is 0.0966. The summed E-state index contributed by atoms with van der Waals surface area (Å²) in [5, 5.41) is -0.0157. The Hall–Kier alpha value is -1.00.